The number of hydrogen-bond donors (Lipinski definition) is 1. The van der Waals surface area contributed by atoms with Crippen LogP contribution in [0, 0.1) is 0 Å². The Bertz CT molecular complexity index is 316. The number of nitrogens with two attached hydrogens (primary N) is 1. The fraction of sp³-hybridized carbons (Fsp3) is 0.778. The van der Waals surface area contributed by atoms with Crippen molar-refractivity contribution in [1.29, 1.82) is 0 Å². The highest BCUT2D eigenvalue weighted by Gasteiger charge is 2.34. The van der Waals surface area contributed by atoms with Crippen LogP contribution in [0.3, 0.4) is 0 Å². The van der Waals surface area contributed by atoms with Crippen molar-refractivity contribution in [1.82, 2.24) is 10.1 Å². The zero-order valence-electron chi connectivity index (χ0n) is 8.66. The Morgan fingerprint density at radius 2 is 2.21 bits per heavy atom. The van der Waals surface area contributed by atoms with E-state index in [0.29, 0.717) is 18.3 Å². The monoisotopic (exact) mass is 196 g/mol. The summed E-state index contributed by atoms with van der Waals surface area (Å²) in [5.74, 6) is 1.26. The van der Waals surface area contributed by atoms with Gasteiger partial charge in [-0.1, -0.05) is 0 Å². The molecule has 0 spiro atoms. The summed E-state index contributed by atoms with van der Waals surface area (Å²) in [4.78, 5) is 6.06. The van der Waals surface area contributed by atoms with Crippen LogP contribution in [-0.2, 0) is 6.42 Å². The molecule has 78 valence electrons. The van der Waals surface area contributed by atoms with Gasteiger partial charge in [0.25, 0.3) is 5.95 Å². The van der Waals surface area contributed by atoms with Gasteiger partial charge in [0.05, 0.1) is 0 Å². The minimum Gasteiger partial charge on any atom is -0.344 e. The molecule has 0 radical (unpaired) electrons. The molecule has 0 saturated heterocycles. The van der Waals surface area contributed by atoms with E-state index in [1.54, 1.807) is 0 Å². The Kier molecular flexibility index (Phi) is 2.19. The maximum absolute atomic E-state index is 6.08. The van der Waals surface area contributed by atoms with Gasteiger partial charge in [-0.15, -0.1) is 0 Å². The first-order valence-corrected chi connectivity index (χ1v) is 4.88. The molecule has 0 unspecified atom stereocenters. The van der Waals surface area contributed by atoms with Gasteiger partial charge in [-0.2, -0.15) is 4.98 Å². The van der Waals surface area contributed by atoms with Crippen LogP contribution in [0.15, 0.2) is 4.52 Å². The van der Waals surface area contributed by atoms with Crippen LogP contribution in [0.1, 0.15) is 25.2 Å². The van der Waals surface area contributed by atoms with Crippen LogP contribution in [-0.4, -0.2) is 29.8 Å². The molecule has 0 bridgehead atoms. The minimum absolute atomic E-state index is 0.0872. The van der Waals surface area contributed by atoms with E-state index < -0.39 is 0 Å². The SMILES string of the molecule is CN(C)c1noc(CC2(N)CCC2)n1. The van der Waals surface area contributed by atoms with E-state index in [0.717, 1.165) is 12.8 Å². The molecule has 0 aromatic carbocycles. The van der Waals surface area contributed by atoms with E-state index in [2.05, 4.69) is 10.1 Å². The molecule has 1 aromatic rings. The van der Waals surface area contributed by atoms with E-state index in [9.17, 15) is 0 Å². The second-order valence-electron chi connectivity index (χ2n) is 4.28. The van der Waals surface area contributed by atoms with Crippen molar-refractivity contribution >= 4 is 5.95 Å². The molecule has 1 aromatic heterocycles. The molecule has 2 rings (SSSR count). The van der Waals surface area contributed by atoms with Crippen LogP contribution in [0.2, 0.25) is 0 Å². The standard InChI is InChI=1S/C9H16N4O/c1-13(2)8-11-7(14-12-8)6-9(10)4-3-5-9/h3-6,10H2,1-2H3. The molecule has 5 nitrogen and oxygen atoms in total. The van der Waals surface area contributed by atoms with Crippen molar-refractivity contribution in [3.63, 3.8) is 0 Å². The van der Waals surface area contributed by atoms with E-state index in [1.165, 1.54) is 6.42 Å². The molecule has 14 heavy (non-hydrogen) atoms. The molecule has 1 aliphatic rings. The van der Waals surface area contributed by atoms with Gasteiger partial charge in [0, 0.05) is 26.1 Å². The number of rotatable bonds is 3. The van der Waals surface area contributed by atoms with Crippen molar-refractivity contribution < 1.29 is 4.52 Å². The van der Waals surface area contributed by atoms with Crippen molar-refractivity contribution in [3.05, 3.63) is 5.89 Å². The summed E-state index contributed by atoms with van der Waals surface area (Å²) in [5.41, 5.74) is 5.99. The van der Waals surface area contributed by atoms with E-state index >= 15 is 0 Å². The molecule has 1 saturated carbocycles. The van der Waals surface area contributed by atoms with Gasteiger partial charge < -0.3 is 15.2 Å². The van der Waals surface area contributed by atoms with E-state index in [4.69, 9.17) is 10.3 Å². The number of nitrogens with zero attached hydrogens (tertiary/aromatic N) is 3. The second-order valence-corrected chi connectivity index (χ2v) is 4.28. The zero-order valence-corrected chi connectivity index (χ0v) is 8.66. The average Bonchev–Trinajstić information content (AvgIpc) is 2.50. The highest BCUT2D eigenvalue weighted by molar-refractivity contribution is 5.24. The topological polar surface area (TPSA) is 68.2 Å². The Morgan fingerprint density at radius 3 is 2.64 bits per heavy atom. The van der Waals surface area contributed by atoms with Gasteiger partial charge in [0.2, 0.25) is 5.89 Å². The van der Waals surface area contributed by atoms with Crippen LogP contribution in [0.25, 0.3) is 0 Å². The lowest BCUT2D eigenvalue weighted by Crippen LogP contribution is -2.48. The minimum atomic E-state index is -0.0872. The normalized spacial score (nSPS) is 19.1. The number of aromatic nitrogens is 2. The molecule has 1 aliphatic carbocycles. The molecule has 1 fully saturated rings. The fourth-order valence-electron chi connectivity index (χ4n) is 1.61. The zero-order chi connectivity index (χ0) is 10.2. The molecule has 5 heteroatoms. The van der Waals surface area contributed by atoms with Crippen LogP contribution >= 0.6 is 0 Å². The highest BCUT2D eigenvalue weighted by atomic mass is 16.5. The van der Waals surface area contributed by atoms with Gasteiger partial charge in [0.1, 0.15) is 0 Å². The third-order valence-corrected chi connectivity index (χ3v) is 2.71. The summed E-state index contributed by atoms with van der Waals surface area (Å²) in [7, 11) is 3.77. The Labute approximate surface area is 83.3 Å². The summed E-state index contributed by atoms with van der Waals surface area (Å²) in [6.45, 7) is 0. The molecule has 1 heterocycles. The van der Waals surface area contributed by atoms with Gasteiger partial charge in [0.15, 0.2) is 0 Å². The molecule has 2 N–H and O–H groups in total. The summed E-state index contributed by atoms with van der Waals surface area (Å²) < 4.78 is 5.11. The van der Waals surface area contributed by atoms with Crippen molar-refractivity contribution in [2.75, 3.05) is 19.0 Å². The maximum atomic E-state index is 6.08. The fourth-order valence-corrected chi connectivity index (χ4v) is 1.61. The summed E-state index contributed by atoms with van der Waals surface area (Å²) in [5, 5.41) is 3.84. The Morgan fingerprint density at radius 1 is 1.50 bits per heavy atom. The predicted octanol–water partition coefficient (Wildman–Crippen LogP) is 0.559. The smallest absolute Gasteiger partial charge is 0.265 e. The first-order chi connectivity index (χ1) is 6.59. The largest absolute Gasteiger partial charge is 0.344 e. The van der Waals surface area contributed by atoms with Crippen molar-refractivity contribution in [2.45, 2.75) is 31.2 Å². The Balaban J connectivity index is 2.02. The average molecular weight is 196 g/mol. The summed E-state index contributed by atoms with van der Waals surface area (Å²) in [6, 6.07) is 0. The number of hydrogen-bond acceptors (Lipinski definition) is 5. The third kappa shape index (κ3) is 1.72. The molecule has 0 aliphatic heterocycles. The lowest BCUT2D eigenvalue weighted by atomic mass is 9.75. The van der Waals surface area contributed by atoms with E-state index in [-0.39, 0.29) is 5.54 Å². The third-order valence-electron chi connectivity index (χ3n) is 2.71. The van der Waals surface area contributed by atoms with Crippen LogP contribution in [0.5, 0.6) is 0 Å². The molecular formula is C9H16N4O. The van der Waals surface area contributed by atoms with Crippen LogP contribution in [0.4, 0.5) is 5.95 Å². The van der Waals surface area contributed by atoms with Gasteiger partial charge in [-0.3, -0.25) is 0 Å². The molecule has 0 atom stereocenters. The number of anilines is 1. The molecular weight excluding hydrogens is 180 g/mol. The van der Waals surface area contributed by atoms with Crippen molar-refractivity contribution in [3.8, 4) is 0 Å². The lowest BCUT2D eigenvalue weighted by molar-refractivity contribution is 0.222. The highest BCUT2D eigenvalue weighted by Crippen LogP contribution is 2.32. The van der Waals surface area contributed by atoms with Crippen molar-refractivity contribution in [2.24, 2.45) is 5.73 Å². The van der Waals surface area contributed by atoms with Gasteiger partial charge in [-0.05, 0) is 24.4 Å². The van der Waals surface area contributed by atoms with Crippen LogP contribution < -0.4 is 10.6 Å². The van der Waals surface area contributed by atoms with Gasteiger partial charge in [-0.25, -0.2) is 0 Å². The summed E-state index contributed by atoms with van der Waals surface area (Å²) in [6.07, 6.45) is 4.04. The predicted molar refractivity (Wildman–Crippen MR) is 53.1 cm³/mol. The van der Waals surface area contributed by atoms with Gasteiger partial charge >= 0.3 is 0 Å². The lowest BCUT2D eigenvalue weighted by Gasteiger charge is -2.36. The second kappa shape index (κ2) is 3.24. The first-order valence-electron chi connectivity index (χ1n) is 4.88. The maximum Gasteiger partial charge on any atom is 0.265 e. The molecule has 0 amide bonds. The summed E-state index contributed by atoms with van der Waals surface area (Å²) >= 11 is 0. The quantitative estimate of drug-likeness (QED) is 0.765. The first kappa shape index (κ1) is 9.45. The Hall–Kier alpha value is -1.10. The van der Waals surface area contributed by atoms with E-state index in [1.807, 2.05) is 19.0 Å².